The van der Waals surface area contributed by atoms with Crippen LogP contribution in [0.15, 0.2) is 28.9 Å². The summed E-state index contributed by atoms with van der Waals surface area (Å²) in [6.07, 6.45) is 3.02. The fourth-order valence-corrected chi connectivity index (χ4v) is 2.60. The maximum atomic E-state index is 12.1. The molecule has 6 heteroatoms. The van der Waals surface area contributed by atoms with E-state index >= 15 is 0 Å². The van der Waals surface area contributed by atoms with Gasteiger partial charge in [-0.15, -0.1) is 0 Å². The maximum absolute atomic E-state index is 12.1. The second kappa shape index (κ2) is 6.25. The normalized spacial score (nSPS) is 19.0. The van der Waals surface area contributed by atoms with E-state index in [1.165, 1.54) is 0 Å². The topological polar surface area (TPSA) is 72.1 Å². The Morgan fingerprint density at radius 3 is 2.95 bits per heavy atom. The molecule has 0 bridgehead atoms. The number of nitrogens with zero attached hydrogens (tertiary/aromatic N) is 4. The second-order valence-electron chi connectivity index (χ2n) is 5.98. The van der Waals surface area contributed by atoms with Gasteiger partial charge in [0.2, 0.25) is 11.8 Å². The summed E-state index contributed by atoms with van der Waals surface area (Å²) in [4.78, 5) is 22.7. The molecule has 0 unspecified atom stereocenters. The first kappa shape index (κ1) is 14.7. The number of rotatable bonds is 4. The third kappa shape index (κ3) is 3.16. The summed E-state index contributed by atoms with van der Waals surface area (Å²) in [6.45, 7) is 5.20. The summed E-state index contributed by atoms with van der Waals surface area (Å²) in [6, 6.07) is 5.73. The van der Waals surface area contributed by atoms with Gasteiger partial charge in [-0.2, -0.15) is 4.98 Å². The number of carbonyl (C=O) groups excluding carboxylic acids is 1. The summed E-state index contributed by atoms with van der Waals surface area (Å²) >= 11 is 0. The molecule has 22 heavy (non-hydrogen) atoms. The highest BCUT2D eigenvalue weighted by molar-refractivity contribution is 5.77. The molecule has 1 fully saturated rings. The Balaban J connectivity index is 1.71. The van der Waals surface area contributed by atoms with Crippen molar-refractivity contribution in [3.63, 3.8) is 0 Å². The van der Waals surface area contributed by atoms with Crippen LogP contribution in [0.3, 0.4) is 0 Å². The van der Waals surface area contributed by atoms with Crippen LogP contribution in [0.5, 0.6) is 0 Å². The molecule has 0 N–H and O–H groups in total. The Kier molecular flexibility index (Phi) is 4.18. The fourth-order valence-electron chi connectivity index (χ4n) is 2.60. The molecule has 3 rings (SSSR count). The van der Waals surface area contributed by atoms with Gasteiger partial charge in [-0.25, -0.2) is 0 Å². The van der Waals surface area contributed by atoms with Crippen molar-refractivity contribution >= 4 is 5.91 Å². The van der Waals surface area contributed by atoms with Crippen LogP contribution in [0.1, 0.15) is 55.9 Å². The molecule has 0 radical (unpaired) electrons. The zero-order valence-corrected chi connectivity index (χ0v) is 12.9. The van der Waals surface area contributed by atoms with Gasteiger partial charge in [0.1, 0.15) is 0 Å². The molecule has 6 nitrogen and oxygen atoms in total. The summed E-state index contributed by atoms with van der Waals surface area (Å²) in [5.74, 6) is 1.88. The van der Waals surface area contributed by atoms with E-state index in [2.05, 4.69) is 15.1 Å². The Hall–Kier alpha value is -2.24. The second-order valence-corrected chi connectivity index (χ2v) is 5.98. The minimum atomic E-state index is 0.112. The number of hydrogen-bond acceptors (Lipinski definition) is 5. The third-order valence-corrected chi connectivity index (χ3v) is 3.90. The molecule has 2 aromatic heterocycles. The molecule has 3 heterocycles. The van der Waals surface area contributed by atoms with Crippen LogP contribution in [0.2, 0.25) is 0 Å². The molecule has 1 amide bonds. The monoisotopic (exact) mass is 300 g/mol. The van der Waals surface area contributed by atoms with Gasteiger partial charge in [0, 0.05) is 25.1 Å². The van der Waals surface area contributed by atoms with E-state index in [4.69, 9.17) is 4.52 Å². The van der Waals surface area contributed by atoms with Gasteiger partial charge < -0.3 is 9.42 Å². The lowest BCUT2D eigenvalue weighted by molar-refractivity contribution is -0.134. The zero-order valence-electron chi connectivity index (χ0n) is 12.9. The SMILES string of the molecule is CC(C)c1noc([C@H]2CCC(=O)N(Cc3ccccn3)C2)n1. The van der Waals surface area contributed by atoms with E-state index in [9.17, 15) is 4.79 Å². The largest absolute Gasteiger partial charge is 0.339 e. The first-order valence-corrected chi connectivity index (χ1v) is 7.64. The molecule has 116 valence electrons. The van der Waals surface area contributed by atoms with Crippen molar-refractivity contribution in [2.24, 2.45) is 0 Å². The van der Waals surface area contributed by atoms with Crippen LogP contribution in [-0.4, -0.2) is 32.5 Å². The summed E-state index contributed by atoms with van der Waals surface area (Å²) in [7, 11) is 0. The molecule has 1 aliphatic heterocycles. The van der Waals surface area contributed by atoms with Crippen LogP contribution in [0.4, 0.5) is 0 Å². The first-order chi connectivity index (χ1) is 10.6. The van der Waals surface area contributed by atoms with Gasteiger partial charge in [-0.1, -0.05) is 25.1 Å². The predicted molar refractivity (Wildman–Crippen MR) is 80.0 cm³/mol. The van der Waals surface area contributed by atoms with Crippen molar-refractivity contribution in [3.05, 3.63) is 41.8 Å². The van der Waals surface area contributed by atoms with E-state index in [1.807, 2.05) is 36.9 Å². The van der Waals surface area contributed by atoms with Crippen molar-refractivity contribution in [3.8, 4) is 0 Å². The van der Waals surface area contributed by atoms with Crippen molar-refractivity contribution < 1.29 is 9.32 Å². The van der Waals surface area contributed by atoms with E-state index < -0.39 is 0 Å². The summed E-state index contributed by atoms with van der Waals surface area (Å²) < 4.78 is 5.38. The Morgan fingerprint density at radius 1 is 1.41 bits per heavy atom. The van der Waals surface area contributed by atoms with Crippen LogP contribution in [0, 0.1) is 0 Å². The molecule has 0 aromatic carbocycles. The molecule has 1 aliphatic rings. The molecule has 0 spiro atoms. The van der Waals surface area contributed by atoms with Crippen LogP contribution in [-0.2, 0) is 11.3 Å². The smallest absolute Gasteiger partial charge is 0.231 e. The number of aromatic nitrogens is 3. The highest BCUT2D eigenvalue weighted by Crippen LogP contribution is 2.28. The maximum Gasteiger partial charge on any atom is 0.231 e. The number of carbonyl (C=O) groups is 1. The summed E-state index contributed by atoms with van der Waals surface area (Å²) in [5, 5.41) is 4.02. The number of amides is 1. The molecule has 0 saturated carbocycles. The van der Waals surface area contributed by atoms with E-state index in [0.29, 0.717) is 25.4 Å². The Bertz CT molecular complexity index is 639. The molecule has 1 atom stereocenters. The average molecular weight is 300 g/mol. The molecule has 2 aromatic rings. The highest BCUT2D eigenvalue weighted by Gasteiger charge is 2.30. The van der Waals surface area contributed by atoms with E-state index in [-0.39, 0.29) is 17.7 Å². The Labute approximate surface area is 129 Å². The van der Waals surface area contributed by atoms with Crippen molar-refractivity contribution in [2.45, 2.75) is 45.1 Å². The van der Waals surface area contributed by atoms with E-state index in [1.54, 1.807) is 6.20 Å². The van der Waals surface area contributed by atoms with Gasteiger partial charge in [0.15, 0.2) is 5.82 Å². The van der Waals surface area contributed by atoms with Crippen molar-refractivity contribution in [1.82, 2.24) is 20.0 Å². The minimum Gasteiger partial charge on any atom is -0.339 e. The molecule has 1 saturated heterocycles. The van der Waals surface area contributed by atoms with Crippen LogP contribution >= 0.6 is 0 Å². The van der Waals surface area contributed by atoms with Gasteiger partial charge in [0.25, 0.3) is 0 Å². The fraction of sp³-hybridized carbons (Fsp3) is 0.500. The summed E-state index contributed by atoms with van der Waals surface area (Å²) in [5.41, 5.74) is 0.893. The molecule has 0 aliphatic carbocycles. The van der Waals surface area contributed by atoms with Gasteiger partial charge in [-0.3, -0.25) is 9.78 Å². The van der Waals surface area contributed by atoms with Crippen molar-refractivity contribution in [2.75, 3.05) is 6.54 Å². The Morgan fingerprint density at radius 2 is 2.27 bits per heavy atom. The van der Waals surface area contributed by atoms with Crippen LogP contribution in [0.25, 0.3) is 0 Å². The lowest BCUT2D eigenvalue weighted by Gasteiger charge is -2.30. The average Bonchev–Trinajstić information content (AvgIpc) is 3.01. The third-order valence-electron chi connectivity index (χ3n) is 3.90. The van der Waals surface area contributed by atoms with E-state index in [0.717, 1.165) is 17.9 Å². The number of hydrogen-bond donors (Lipinski definition) is 0. The van der Waals surface area contributed by atoms with Gasteiger partial charge >= 0.3 is 0 Å². The minimum absolute atomic E-state index is 0.112. The predicted octanol–water partition coefficient (Wildman–Crippen LogP) is 2.49. The van der Waals surface area contributed by atoms with Crippen molar-refractivity contribution in [1.29, 1.82) is 0 Å². The number of piperidine rings is 1. The molecular formula is C16H20N4O2. The van der Waals surface area contributed by atoms with Gasteiger partial charge in [-0.05, 0) is 18.6 Å². The lowest BCUT2D eigenvalue weighted by Crippen LogP contribution is -2.38. The number of likely N-dealkylation sites (tertiary alicyclic amines) is 1. The lowest BCUT2D eigenvalue weighted by atomic mass is 9.97. The molecular weight excluding hydrogens is 280 g/mol. The number of pyridine rings is 1. The quantitative estimate of drug-likeness (QED) is 0.867. The zero-order chi connectivity index (χ0) is 15.5. The van der Waals surface area contributed by atoms with Crippen LogP contribution < -0.4 is 0 Å². The highest BCUT2D eigenvalue weighted by atomic mass is 16.5. The first-order valence-electron chi connectivity index (χ1n) is 7.64. The standard InChI is InChI=1S/C16H20N4O2/c1-11(2)15-18-16(22-19-15)12-6-7-14(21)20(9-12)10-13-5-3-4-8-17-13/h3-5,8,11-12H,6-7,9-10H2,1-2H3/t12-/m0/s1. The van der Waals surface area contributed by atoms with Gasteiger partial charge in [0.05, 0.1) is 18.2 Å².